The molecule has 2 aromatic rings. The number of unbranched alkanes of at least 4 members (excludes halogenated alkanes) is 1. The lowest BCUT2D eigenvalue weighted by atomic mass is 10.0. The zero-order chi connectivity index (χ0) is 18.3. The minimum atomic E-state index is 0.814. The van der Waals surface area contributed by atoms with Crippen LogP contribution in [0.15, 0.2) is 12.6 Å². The number of pyridine rings is 1. The number of aryl methyl sites for hydroxylation is 2. The lowest BCUT2D eigenvalue weighted by Crippen LogP contribution is -2.31. The minimum absolute atomic E-state index is 0.814. The van der Waals surface area contributed by atoms with Crippen LogP contribution in [0.3, 0.4) is 0 Å². The fourth-order valence-electron chi connectivity index (χ4n) is 2.77. The molecule has 0 aliphatic carbocycles. The maximum atomic E-state index is 4.66. The molecule has 2 aromatic heterocycles. The van der Waals surface area contributed by atoms with Crippen LogP contribution in [0.2, 0.25) is 0 Å². The van der Waals surface area contributed by atoms with Gasteiger partial charge in [0.15, 0.2) is 0 Å². The lowest BCUT2D eigenvalue weighted by Gasteiger charge is -2.31. The molecule has 0 amide bonds. The molecule has 1 aliphatic rings. The Morgan fingerprint density at radius 2 is 1.75 bits per heavy atom. The Kier molecular flexibility index (Phi) is 7.83. The average molecular weight is 329 g/mol. The smallest absolute Gasteiger partial charge is 0.142 e. The van der Waals surface area contributed by atoms with Crippen LogP contribution in [0.25, 0.3) is 16.5 Å². The van der Waals surface area contributed by atoms with Crippen molar-refractivity contribution in [1.29, 1.82) is 0 Å². The molecule has 0 saturated carbocycles. The van der Waals surface area contributed by atoms with Crippen LogP contribution < -0.4 is 4.90 Å². The quantitative estimate of drug-likeness (QED) is 0.764. The molecule has 0 aromatic carbocycles. The number of nitrogens with zero attached hydrogens (tertiary/aromatic N) is 4. The van der Waals surface area contributed by atoms with Crippen molar-refractivity contribution in [2.24, 2.45) is 0 Å². The Morgan fingerprint density at radius 3 is 2.38 bits per heavy atom. The summed E-state index contributed by atoms with van der Waals surface area (Å²) in [4.78, 5) is 16.2. The molecule has 4 heteroatoms. The third-order valence-electron chi connectivity index (χ3n) is 3.70. The van der Waals surface area contributed by atoms with Gasteiger partial charge in [-0.2, -0.15) is 0 Å². The summed E-state index contributed by atoms with van der Waals surface area (Å²) < 4.78 is 0. The summed E-state index contributed by atoms with van der Waals surface area (Å²) in [5.74, 6) is 1.84. The number of aromatic nitrogens is 3. The van der Waals surface area contributed by atoms with E-state index in [-0.39, 0.29) is 0 Å². The molecule has 3 heterocycles. The summed E-state index contributed by atoms with van der Waals surface area (Å²) >= 11 is 0. The third-order valence-corrected chi connectivity index (χ3v) is 3.70. The maximum Gasteiger partial charge on any atom is 0.142 e. The SMILES string of the molecule is C=C1CN(CCCC)c2nc(C)nc3cc(C)nc1c23.CC.CC. The Morgan fingerprint density at radius 1 is 1.08 bits per heavy atom. The standard InChI is InChI=1S/C16H20N4.2C2H6/c1-5-6-7-20-9-10(2)15-14-13(8-11(3)17-15)18-12(4)19-16(14)20;2*1-2/h8H,2,5-7,9H2,1,3-4H3;2*1-2H3. The van der Waals surface area contributed by atoms with Crippen LogP contribution in [0, 0.1) is 13.8 Å². The van der Waals surface area contributed by atoms with Crippen LogP contribution >= 0.6 is 0 Å². The lowest BCUT2D eigenvalue weighted by molar-refractivity contribution is 0.737. The van der Waals surface area contributed by atoms with Crippen LogP contribution in [-0.4, -0.2) is 28.0 Å². The van der Waals surface area contributed by atoms with Gasteiger partial charge in [-0.05, 0) is 31.9 Å². The van der Waals surface area contributed by atoms with Crippen molar-refractivity contribution in [1.82, 2.24) is 15.0 Å². The molecule has 0 N–H and O–H groups in total. The molecule has 0 unspecified atom stereocenters. The molecule has 0 atom stereocenters. The van der Waals surface area contributed by atoms with Crippen LogP contribution in [0.1, 0.15) is 64.7 Å². The molecule has 132 valence electrons. The Labute approximate surface area is 147 Å². The fourth-order valence-corrected chi connectivity index (χ4v) is 2.77. The van der Waals surface area contributed by atoms with Gasteiger partial charge >= 0.3 is 0 Å². The Hall–Kier alpha value is -1.97. The maximum absolute atomic E-state index is 4.66. The second-order valence-electron chi connectivity index (χ2n) is 5.48. The molecule has 1 aliphatic heterocycles. The van der Waals surface area contributed by atoms with E-state index in [1.165, 1.54) is 6.42 Å². The van der Waals surface area contributed by atoms with Crippen molar-refractivity contribution in [3.8, 4) is 0 Å². The molecule has 0 radical (unpaired) electrons. The third kappa shape index (κ3) is 4.11. The second kappa shape index (κ2) is 9.36. The molecule has 0 bridgehead atoms. The van der Waals surface area contributed by atoms with Crippen LogP contribution in [0.5, 0.6) is 0 Å². The van der Waals surface area contributed by atoms with Gasteiger partial charge in [-0.15, -0.1) is 0 Å². The predicted octanol–water partition coefficient (Wildman–Crippen LogP) is 5.33. The van der Waals surface area contributed by atoms with Gasteiger partial charge in [-0.25, -0.2) is 9.97 Å². The van der Waals surface area contributed by atoms with E-state index in [4.69, 9.17) is 0 Å². The average Bonchev–Trinajstić information content (AvgIpc) is 2.59. The Bertz CT molecular complexity index is 686. The van der Waals surface area contributed by atoms with Crippen molar-refractivity contribution in [2.75, 3.05) is 18.0 Å². The highest BCUT2D eigenvalue weighted by atomic mass is 15.2. The van der Waals surface area contributed by atoms with E-state index in [0.717, 1.165) is 59.0 Å². The van der Waals surface area contributed by atoms with Gasteiger partial charge in [-0.3, -0.25) is 4.98 Å². The molecule has 0 saturated heterocycles. The fraction of sp³-hybridized carbons (Fsp3) is 0.550. The van der Waals surface area contributed by atoms with E-state index in [0.29, 0.717) is 0 Å². The highest BCUT2D eigenvalue weighted by Gasteiger charge is 2.24. The predicted molar refractivity (Wildman–Crippen MR) is 106 cm³/mol. The van der Waals surface area contributed by atoms with Crippen molar-refractivity contribution < 1.29 is 0 Å². The van der Waals surface area contributed by atoms with E-state index in [1.54, 1.807) is 0 Å². The van der Waals surface area contributed by atoms with E-state index < -0.39 is 0 Å². The van der Waals surface area contributed by atoms with Crippen molar-refractivity contribution in [3.05, 3.63) is 29.9 Å². The number of hydrogen-bond acceptors (Lipinski definition) is 4. The second-order valence-corrected chi connectivity index (χ2v) is 5.48. The number of hydrogen-bond donors (Lipinski definition) is 0. The largest absolute Gasteiger partial charge is 0.352 e. The molecule has 3 rings (SSSR count). The normalized spacial score (nSPS) is 12.3. The van der Waals surface area contributed by atoms with E-state index in [2.05, 4.69) is 33.4 Å². The van der Waals surface area contributed by atoms with Gasteiger partial charge in [0.2, 0.25) is 0 Å². The van der Waals surface area contributed by atoms with Gasteiger partial charge in [0.05, 0.1) is 16.6 Å². The van der Waals surface area contributed by atoms with Gasteiger partial charge in [0, 0.05) is 18.8 Å². The van der Waals surface area contributed by atoms with Gasteiger partial charge in [0.1, 0.15) is 11.6 Å². The van der Waals surface area contributed by atoms with Crippen molar-refractivity contribution in [2.45, 2.75) is 61.3 Å². The topological polar surface area (TPSA) is 41.9 Å². The summed E-state index contributed by atoms with van der Waals surface area (Å²) in [5, 5.41) is 1.06. The first kappa shape index (κ1) is 20.1. The zero-order valence-corrected chi connectivity index (χ0v) is 16.4. The molecule has 0 spiro atoms. The van der Waals surface area contributed by atoms with Crippen molar-refractivity contribution >= 4 is 22.3 Å². The van der Waals surface area contributed by atoms with E-state index in [9.17, 15) is 0 Å². The first-order chi connectivity index (χ1) is 11.6. The monoisotopic (exact) mass is 328 g/mol. The summed E-state index contributed by atoms with van der Waals surface area (Å²) in [6, 6.07) is 2.04. The first-order valence-electron chi connectivity index (χ1n) is 9.19. The highest BCUT2D eigenvalue weighted by molar-refractivity contribution is 6.01. The minimum Gasteiger partial charge on any atom is -0.352 e. The molecular weight excluding hydrogens is 296 g/mol. The highest BCUT2D eigenvalue weighted by Crippen LogP contribution is 2.35. The van der Waals surface area contributed by atoms with E-state index >= 15 is 0 Å². The van der Waals surface area contributed by atoms with Gasteiger partial charge < -0.3 is 4.90 Å². The zero-order valence-electron chi connectivity index (χ0n) is 16.4. The Balaban J connectivity index is 0.000000671. The summed E-state index contributed by atoms with van der Waals surface area (Å²) in [5.41, 5.74) is 4.01. The molecular formula is C20H32N4. The molecule has 24 heavy (non-hydrogen) atoms. The van der Waals surface area contributed by atoms with Gasteiger partial charge in [0.25, 0.3) is 0 Å². The molecule has 4 nitrogen and oxygen atoms in total. The summed E-state index contributed by atoms with van der Waals surface area (Å²) in [6.07, 6.45) is 2.33. The summed E-state index contributed by atoms with van der Waals surface area (Å²) in [7, 11) is 0. The number of anilines is 1. The molecule has 0 fully saturated rings. The van der Waals surface area contributed by atoms with Crippen LogP contribution in [0.4, 0.5) is 5.82 Å². The van der Waals surface area contributed by atoms with E-state index in [1.807, 2.05) is 47.6 Å². The summed E-state index contributed by atoms with van der Waals surface area (Å²) in [6.45, 7) is 20.2. The van der Waals surface area contributed by atoms with Crippen LogP contribution in [-0.2, 0) is 0 Å². The van der Waals surface area contributed by atoms with Gasteiger partial charge in [-0.1, -0.05) is 47.6 Å². The first-order valence-corrected chi connectivity index (χ1v) is 9.19. The van der Waals surface area contributed by atoms with Crippen molar-refractivity contribution in [3.63, 3.8) is 0 Å². The number of rotatable bonds is 3.